The highest BCUT2D eigenvalue weighted by Crippen LogP contribution is 2.35. The number of halogens is 2. The molecular weight excluding hydrogens is 309 g/mol. The first kappa shape index (κ1) is 14.5. The van der Waals surface area contributed by atoms with Crippen LogP contribution in [0.5, 0.6) is 0 Å². The Kier molecular flexibility index (Phi) is 4.61. The van der Waals surface area contributed by atoms with E-state index in [1.807, 2.05) is 0 Å². The molecule has 0 unspecified atom stereocenters. The van der Waals surface area contributed by atoms with E-state index >= 15 is 0 Å². The average Bonchev–Trinajstić information content (AvgIpc) is 2.40. The number of amides is 1. The first-order valence-corrected chi connectivity index (χ1v) is 7.53. The van der Waals surface area contributed by atoms with Gasteiger partial charge in [-0.15, -0.1) is 0 Å². The fourth-order valence-corrected chi connectivity index (χ4v) is 3.02. The fourth-order valence-electron chi connectivity index (χ4n) is 2.65. The predicted octanol–water partition coefficient (Wildman–Crippen LogP) is 4.29. The Morgan fingerprint density at radius 3 is 2.74 bits per heavy atom. The molecule has 104 valence electrons. The molecule has 0 heterocycles. The van der Waals surface area contributed by atoms with Gasteiger partial charge in [-0.2, -0.15) is 0 Å². The first-order valence-electron chi connectivity index (χ1n) is 6.74. The SMILES string of the molecule is CC1(CNC(=O)c2cccc(Br)c2F)CCCCC1. The van der Waals surface area contributed by atoms with Gasteiger partial charge in [0.25, 0.3) is 5.91 Å². The van der Waals surface area contributed by atoms with Crippen molar-refractivity contribution in [2.45, 2.75) is 39.0 Å². The highest BCUT2D eigenvalue weighted by Gasteiger charge is 2.27. The smallest absolute Gasteiger partial charge is 0.254 e. The molecule has 0 bridgehead atoms. The van der Waals surface area contributed by atoms with E-state index in [9.17, 15) is 9.18 Å². The summed E-state index contributed by atoms with van der Waals surface area (Å²) in [5, 5.41) is 2.88. The lowest BCUT2D eigenvalue weighted by molar-refractivity contribution is 0.0915. The van der Waals surface area contributed by atoms with Gasteiger partial charge in [0.1, 0.15) is 5.82 Å². The number of nitrogens with one attached hydrogen (secondary N) is 1. The molecule has 1 amide bonds. The molecule has 0 atom stereocenters. The van der Waals surface area contributed by atoms with Crippen molar-refractivity contribution in [2.24, 2.45) is 5.41 Å². The molecule has 4 heteroatoms. The number of rotatable bonds is 3. The lowest BCUT2D eigenvalue weighted by Crippen LogP contribution is -2.37. The zero-order valence-corrected chi connectivity index (χ0v) is 12.7. The Bertz CT molecular complexity index is 469. The predicted molar refractivity (Wildman–Crippen MR) is 77.6 cm³/mol. The molecule has 0 spiro atoms. The number of carbonyl (C=O) groups excluding carboxylic acids is 1. The minimum atomic E-state index is -0.492. The molecule has 0 aromatic heterocycles. The molecule has 0 aliphatic heterocycles. The Morgan fingerprint density at radius 2 is 2.05 bits per heavy atom. The third kappa shape index (κ3) is 3.56. The van der Waals surface area contributed by atoms with Gasteiger partial charge in [0.2, 0.25) is 0 Å². The van der Waals surface area contributed by atoms with Gasteiger partial charge in [-0.25, -0.2) is 4.39 Å². The van der Waals surface area contributed by atoms with Crippen LogP contribution >= 0.6 is 15.9 Å². The number of benzene rings is 1. The van der Waals surface area contributed by atoms with Gasteiger partial charge in [-0.3, -0.25) is 4.79 Å². The monoisotopic (exact) mass is 327 g/mol. The molecule has 1 fully saturated rings. The molecule has 0 saturated heterocycles. The highest BCUT2D eigenvalue weighted by atomic mass is 79.9. The summed E-state index contributed by atoms with van der Waals surface area (Å²) in [6, 6.07) is 4.78. The van der Waals surface area contributed by atoms with E-state index in [2.05, 4.69) is 28.2 Å². The van der Waals surface area contributed by atoms with Crippen molar-refractivity contribution >= 4 is 21.8 Å². The largest absolute Gasteiger partial charge is 0.351 e. The maximum atomic E-state index is 13.8. The number of hydrogen-bond donors (Lipinski definition) is 1. The molecule has 2 rings (SSSR count). The van der Waals surface area contributed by atoms with E-state index in [0.29, 0.717) is 11.0 Å². The van der Waals surface area contributed by atoms with Crippen molar-refractivity contribution in [2.75, 3.05) is 6.54 Å². The highest BCUT2D eigenvalue weighted by molar-refractivity contribution is 9.10. The maximum absolute atomic E-state index is 13.8. The van der Waals surface area contributed by atoms with E-state index in [4.69, 9.17) is 0 Å². The minimum absolute atomic E-state index is 0.105. The summed E-state index contributed by atoms with van der Waals surface area (Å²) in [5.74, 6) is -0.820. The van der Waals surface area contributed by atoms with E-state index in [0.717, 1.165) is 12.8 Å². The third-order valence-corrected chi connectivity index (χ3v) is 4.55. The Labute approximate surface area is 121 Å². The fraction of sp³-hybridized carbons (Fsp3) is 0.533. The van der Waals surface area contributed by atoms with Crippen LogP contribution in [0.1, 0.15) is 49.4 Å². The average molecular weight is 328 g/mol. The van der Waals surface area contributed by atoms with Crippen LogP contribution in [0.25, 0.3) is 0 Å². The Morgan fingerprint density at radius 1 is 1.37 bits per heavy atom. The first-order chi connectivity index (χ1) is 9.02. The van der Waals surface area contributed by atoms with Crippen LogP contribution in [0.4, 0.5) is 4.39 Å². The Balaban J connectivity index is 1.99. The number of hydrogen-bond acceptors (Lipinski definition) is 1. The second-order valence-electron chi connectivity index (χ2n) is 5.66. The van der Waals surface area contributed by atoms with Crippen molar-refractivity contribution in [3.63, 3.8) is 0 Å². The topological polar surface area (TPSA) is 29.1 Å². The molecule has 0 radical (unpaired) electrons. The summed E-state index contributed by atoms with van der Waals surface area (Å²) >= 11 is 3.10. The molecule has 1 aromatic rings. The van der Waals surface area contributed by atoms with E-state index in [-0.39, 0.29) is 16.9 Å². The van der Waals surface area contributed by atoms with E-state index in [1.54, 1.807) is 12.1 Å². The normalized spacial score (nSPS) is 18.1. The Hall–Kier alpha value is -0.900. The van der Waals surface area contributed by atoms with Crippen molar-refractivity contribution < 1.29 is 9.18 Å². The van der Waals surface area contributed by atoms with Gasteiger partial charge in [0, 0.05) is 6.54 Å². The van der Waals surface area contributed by atoms with Crippen LogP contribution in [0, 0.1) is 11.2 Å². The van der Waals surface area contributed by atoms with E-state index < -0.39 is 5.82 Å². The summed E-state index contributed by atoms with van der Waals surface area (Å²) in [4.78, 5) is 12.0. The van der Waals surface area contributed by atoms with Gasteiger partial charge in [-0.05, 0) is 46.3 Å². The lowest BCUT2D eigenvalue weighted by atomic mass is 9.76. The van der Waals surface area contributed by atoms with Crippen LogP contribution in [-0.4, -0.2) is 12.5 Å². The quantitative estimate of drug-likeness (QED) is 0.881. The van der Waals surface area contributed by atoms with Crippen LogP contribution in [-0.2, 0) is 0 Å². The molecule has 1 saturated carbocycles. The summed E-state index contributed by atoms with van der Waals surface area (Å²) in [6.45, 7) is 2.82. The van der Waals surface area contributed by atoms with Crippen LogP contribution in [0.3, 0.4) is 0 Å². The standard InChI is InChI=1S/C15H19BrFNO/c1-15(8-3-2-4-9-15)10-18-14(19)11-6-5-7-12(16)13(11)17/h5-7H,2-4,8-10H2,1H3,(H,18,19). The van der Waals surface area contributed by atoms with Gasteiger partial charge in [0.05, 0.1) is 10.0 Å². The third-order valence-electron chi connectivity index (χ3n) is 3.93. The number of carbonyl (C=O) groups is 1. The molecule has 19 heavy (non-hydrogen) atoms. The van der Waals surface area contributed by atoms with Crippen LogP contribution in [0.2, 0.25) is 0 Å². The minimum Gasteiger partial charge on any atom is -0.351 e. The van der Waals surface area contributed by atoms with Gasteiger partial charge < -0.3 is 5.32 Å². The molecule has 1 N–H and O–H groups in total. The summed E-state index contributed by atoms with van der Waals surface area (Å²) in [7, 11) is 0. The lowest BCUT2D eigenvalue weighted by Gasteiger charge is -2.33. The van der Waals surface area contributed by atoms with Crippen molar-refractivity contribution in [1.29, 1.82) is 0 Å². The van der Waals surface area contributed by atoms with Crippen LogP contribution in [0.15, 0.2) is 22.7 Å². The van der Waals surface area contributed by atoms with Gasteiger partial charge >= 0.3 is 0 Å². The zero-order chi connectivity index (χ0) is 13.9. The van der Waals surface area contributed by atoms with Gasteiger partial charge in [-0.1, -0.05) is 32.3 Å². The van der Waals surface area contributed by atoms with Gasteiger partial charge in [0.15, 0.2) is 0 Å². The maximum Gasteiger partial charge on any atom is 0.254 e. The molecule has 1 aliphatic carbocycles. The molecule has 1 aromatic carbocycles. The second kappa shape index (κ2) is 6.04. The van der Waals surface area contributed by atoms with Crippen molar-refractivity contribution in [1.82, 2.24) is 5.32 Å². The molecular formula is C15H19BrFNO. The van der Waals surface area contributed by atoms with Crippen LogP contribution < -0.4 is 5.32 Å². The summed E-state index contributed by atoms with van der Waals surface area (Å²) < 4.78 is 14.1. The summed E-state index contributed by atoms with van der Waals surface area (Å²) in [5.41, 5.74) is 0.268. The molecule has 1 aliphatic rings. The second-order valence-corrected chi connectivity index (χ2v) is 6.51. The van der Waals surface area contributed by atoms with Crippen molar-refractivity contribution in [3.8, 4) is 0 Å². The van der Waals surface area contributed by atoms with E-state index in [1.165, 1.54) is 25.3 Å². The summed E-state index contributed by atoms with van der Waals surface area (Å²) in [6.07, 6.45) is 5.99. The van der Waals surface area contributed by atoms with Crippen molar-refractivity contribution in [3.05, 3.63) is 34.1 Å². The zero-order valence-electron chi connectivity index (χ0n) is 11.1. The molecule has 2 nitrogen and oxygen atoms in total.